The molecule has 0 radical (unpaired) electrons. The Kier molecular flexibility index (Phi) is 6.67. The first-order valence-corrected chi connectivity index (χ1v) is 8.20. The molecule has 0 aliphatic heterocycles. The number of ether oxygens (including phenoxy) is 1. The van der Waals surface area contributed by atoms with Gasteiger partial charge in [0, 0.05) is 12.1 Å². The smallest absolute Gasteiger partial charge is 0.224 e. The van der Waals surface area contributed by atoms with Gasteiger partial charge in [0.25, 0.3) is 0 Å². The van der Waals surface area contributed by atoms with E-state index in [2.05, 4.69) is 19.2 Å². The summed E-state index contributed by atoms with van der Waals surface area (Å²) in [5, 5.41) is 2.92. The fourth-order valence-electron chi connectivity index (χ4n) is 2.17. The Balaban J connectivity index is 1.75. The number of carbonyl (C=O) groups is 1. The molecule has 0 atom stereocenters. The molecule has 0 heterocycles. The molecule has 3 heteroatoms. The first kappa shape index (κ1) is 17.1. The molecule has 0 aromatic heterocycles. The minimum Gasteiger partial charge on any atom is -0.494 e. The molecule has 0 aliphatic carbocycles. The first-order chi connectivity index (χ1) is 11.1. The number of nitrogens with one attached hydrogen (secondary N) is 1. The quantitative estimate of drug-likeness (QED) is 0.768. The van der Waals surface area contributed by atoms with Crippen molar-refractivity contribution < 1.29 is 9.53 Å². The van der Waals surface area contributed by atoms with Crippen molar-refractivity contribution in [1.29, 1.82) is 0 Å². The molecule has 23 heavy (non-hydrogen) atoms. The van der Waals surface area contributed by atoms with Gasteiger partial charge in [-0.15, -0.1) is 0 Å². The molecule has 1 N–H and O–H groups in total. The van der Waals surface area contributed by atoms with Crippen molar-refractivity contribution in [3.8, 4) is 5.75 Å². The fourth-order valence-corrected chi connectivity index (χ4v) is 2.17. The lowest BCUT2D eigenvalue weighted by molar-refractivity contribution is -0.116. The third-order valence-corrected chi connectivity index (χ3v) is 3.59. The Labute approximate surface area is 138 Å². The van der Waals surface area contributed by atoms with Crippen molar-refractivity contribution >= 4 is 11.6 Å². The fraction of sp³-hybridized carbons (Fsp3) is 0.350. The highest BCUT2D eigenvalue weighted by Gasteiger charge is 2.04. The molecule has 0 bridgehead atoms. The minimum absolute atomic E-state index is 0.0299. The van der Waals surface area contributed by atoms with Gasteiger partial charge in [-0.1, -0.05) is 44.2 Å². The summed E-state index contributed by atoms with van der Waals surface area (Å²) in [6.45, 7) is 5.08. The molecule has 2 aromatic rings. The van der Waals surface area contributed by atoms with Gasteiger partial charge in [-0.2, -0.15) is 0 Å². The highest BCUT2D eigenvalue weighted by Crippen LogP contribution is 2.17. The second kappa shape index (κ2) is 8.99. The lowest BCUT2D eigenvalue weighted by Crippen LogP contribution is -2.12. The summed E-state index contributed by atoms with van der Waals surface area (Å²) in [4.78, 5) is 12.0. The molecular weight excluding hydrogens is 286 g/mol. The highest BCUT2D eigenvalue weighted by atomic mass is 16.5. The van der Waals surface area contributed by atoms with E-state index in [4.69, 9.17) is 4.74 Å². The van der Waals surface area contributed by atoms with E-state index in [9.17, 15) is 4.79 Å². The van der Waals surface area contributed by atoms with Crippen LogP contribution >= 0.6 is 0 Å². The first-order valence-electron chi connectivity index (χ1n) is 8.20. The van der Waals surface area contributed by atoms with Crippen molar-refractivity contribution in [3.63, 3.8) is 0 Å². The normalized spacial score (nSPS) is 10.6. The Bertz CT molecular complexity index is 591. The number of hydrogen-bond donors (Lipinski definition) is 1. The van der Waals surface area contributed by atoms with Crippen LogP contribution in [0, 0.1) is 5.92 Å². The largest absolute Gasteiger partial charge is 0.494 e. The molecule has 0 saturated heterocycles. The zero-order valence-corrected chi connectivity index (χ0v) is 13.9. The van der Waals surface area contributed by atoms with Crippen molar-refractivity contribution in [1.82, 2.24) is 0 Å². The molecule has 122 valence electrons. The topological polar surface area (TPSA) is 38.3 Å². The van der Waals surface area contributed by atoms with Crippen LogP contribution < -0.4 is 10.1 Å². The molecule has 0 spiro atoms. The monoisotopic (exact) mass is 311 g/mol. The van der Waals surface area contributed by atoms with Gasteiger partial charge in [0.15, 0.2) is 0 Å². The predicted octanol–water partition coefficient (Wildman–Crippen LogP) is 4.68. The molecule has 3 nitrogen and oxygen atoms in total. The Hall–Kier alpha value is -2.29. The van der Waals surface area contributed by atoms with Gasteiger partial charge in [0.05, 0.1) is 6.61 Å². The number of aryl methyl sites for hydroxylation is 1. The summed E-state index contributed by atoms with van der Waals surface area (Å²) in [7, 11) is 0. The summed E-state index contributed by atoms with van der Waals surface area (Å²) in [6, 6.07) is 17.6. The van der Waals surface area contributed by atoms with E-state index >= 15 is 0 Å². The van der Waals surface area contributed by atoms with Crippen molar-refractivity contribution in [2.75, 3.05) is 11.9 Å². The van der Waals surface area contributed by atoms with Crippen LogP contribution in [0.3, 0.4) is 0 Å². The molecule has 1 amide bonds. The zero-order chi connectivity index (χ0) is 16.5. The number of carbonyl (C=O) groups excluding carboxylic acids is 1. The zero-order valence-electron chi connectivity index (χ0n) is 13.9. The van der Waals surface area contributed by atoms with Gasteiger partial charge in [-0.3, -0.25) is 4.79 Å². The Morgan fingerprint density at radius 1 is 1.04 bits per heavy atom. The van der Waals surface area contributed by atoms with Gasteiger partial charge < -0.3 is 10.1 Å². The van der Waals surface area contributed by atoms with E-state index in [-0.39, 0.29) is 5.91 Å². The molecule has 2 rings (SSSR count). The van der Waals surface area contributed by atoms with Gasteiger partial charge in [0.2, 0.25) is 5.91 Å². The average molecular weight is 311 g/mol. The molecule has 0 aliphatic rings. The molecule has 2 aromatic carbocycles. The number of benzene rings is 2. The number of rotatable bonds is 8. The van der Waals surface area contributed by atoms with Gasteiger partial charge in [0.1, 0.15) is 5.75 Å². The lowest BCUT2D eigenvalue weighted by atomic mass is 10.1. The van der Waals surface area contributed by atoms with E-state index in [1.54, 1.807) is 0 Å². The van der Waals surface area contributed by atoms with Crippen LogP contribution in [0.5, 0.6) is 5.75 Å². The Morgan fingerprint density at radius 3 is 2.39 bits per heavy atom. The summed E-state index contributed by atoms with van der Waals surface area (Å²) in [5.74, 6) is 1.51. The molecule has 0 fully saturated rings. The second-order valence-electron chi connectivity index (χ2n) is 6.09. The van der Waals surface area contributed by atoms with Gasteiger partial charge >= 0.3 is 0 Å². The van der Waals surface area contributed by atoms with Crippen molar-refractivity contribution in [2.45, 2.75) is 33.1 Å². The van der Waals surface area contributed by atoms with Gasteiger partial charge in [-0.05, 0) is 48.6 Å². The van der Waals surface area contributed by atoms with E-state index < -0.39 is 0 Å². The van der Waals surface area contributed by atoms with E-state index in [0.717, 1.165) is 30.9 Å². The van der Waals surface area contributed by atoms with E-state index in [0.29, 0.717) is 12.3 Å². The van der Waals surface area contributed by atoms with Crippen LogP contribution in [-0.4, -0.2) is 12.5 Å². The standard InChI is InChI=1S/C20H25NO2/c1-16(2)14-15-23-19-11-9-18(10-12-19)21-20(22)13-8-17-6-4-3-5-7-17/h3-7,9-12,16H,8,13-15H2,1-2H3,(H,21,22). The highest BCUT2D eigenvalue weighted by molar-refractivity contribution is 5.90. The summed E-state index contributed by atoms with van der Waals surface area (Å²) in [5.41, 5.74) is 1.98. The second-order valence-corrected chi connectivity index (χ2v) is 6.09. The number of hydrogen-bond acceptors (Lipinski definition) is 2. The summed E-state index contributed by atoms with van der Waals surface area (Å²) < 4.78 is 5.67. The lowest BCUT2D eigenvalue weighted by Gasteiger charge is -2.09. The van der Waals surface area contributed by atoms with Gasteiger partial charge in [-0.25, -0.2) is 0 Å². The van der Waals surface area contributed by atoms with Crippen LogP contribution in [0.25, 0.3) is 0 Å². The molecular formula is C20H25NO2. The SMILES string of the molecule is CC(C)CCOc1ccc(NC(=O)CCc2ccccc2)cc1. The average Bonchev–Trinajstić information content (AvgIpc) is 2.55. The van der Waals surface area contributed by atoms with Crippen LogP contribution in [0.4, 0.5) is 5.69 Å². The maximum Gasteiger partial charge on any atom is 0.224 e. The number of amides is 1. The maximum atomic E-state index is 12.0. The Morgan fingerprint density at radius 2 is 1.74 bits per heavy atom. The third kappa shape index (κ3) is 6.55. The maximum absolute atomic E-state index is 12.0. The third-order valence-electron chi connectivity index (χ3n) is 3.59. The minimum atomic E-state index is 0.0299. The molecule has 0 unspecified atom stereocenters. The number of anilines is 1. The van der Waals surface area contributed by atoms with Crippen molar-refractivity contribution in [2.24, 2.45) is 5.92 Å². The predicted molar refractivity (Wildman–Crippen MR) is 94.8 cm³/mol. The van der Waals surface area contributed by atoms with Crippen LogP contribution in [-0.2, 0) is 11.2 Å². The summed E-state index contributed by atoms with van der Waals surface area (Å²) >= 11 is 0. The van der Waals surface area contributed by atoms with E-state index in [1.807, 2.05) is 54.6 Å². The van der Waals surface area contributed by atoms with E-state index in [1.165, 1.54) is 5.56 Å². The van der Waals surface area contributed by atoms with Crippen LogP contribution in [0.2, 0.25) is 0 Å². The van der Waals surface area contributed by atoms with Crippen LogP contribution in [0.1, 0.15) is 32.3 Å². The van der Waals surface area contributed by atoms with Crippen molar-refractivity contribution in [3.05, 3.63) is 60.2 Å². The van der Waals surface area contributed by atoms with Crippen LogP contribution in [0.15, 0.2) is 54.6 Å². The molecule has 0 saturated carbocycles. The summed E-state index contributed by atoms with van der Waals surface area (Å²) in [6.07, 6.45) is 2.28.